The van der Waals surface area contributed by atoms with Crippen LogP contribution in [0, 0.1) is 5.92 Å². The van der Waals surface area contributed by atoms with Crippen LogP contribution in [-0.2, 0) is 6.18 Å². The Balaban J connectivity index is 2.10. The molecule has 5 heteroatoms. The van der Waals surface area contributed by atoms with Crippen LogP contribution in [0.25, 0.3) is 0 Å². The smallest absolute Gasteiger partial charge is 0.304 e. The molecule has 0 unspecified atom stereocenters. The Labute approximate surface area is 116 Å². The largest absolute Gasteiger partial charge is 0.416 e. The van der Waals surface area contributed by atoms with Gasteiger partial charge < -0.3 is 4.90 Å². The van der Waals surface area contributed by atoms with E-state index in [0.717, 1.165) is 44.6 Å². The molecule has 0 atom stereocenters. The Morgan fingerprint density at radius 1 is 1.30 bits per heavy atom. The van der Waals surface area contributed by atoms with Gasteiger partial charge in [-0.25, -0.2) is 0 Å². The van der Waals surface area contributed by atoms with Gasteiger partial charge in [-0.2, -0.15) is 13.2 Å². The minimum atomic E-state index is -4.40. The van der Waals surface area contributed by atoms with Crippen molar-refractivity contribution in [1.29, 1.82) is 0 Å². The molecule has 0 spiro atoms. The van der Waals surface area contributed by atoms with Gasteiger partial charge in [-0.1, -0.05) is 19.1 Å². The molecule has 1 aromatic carbocycles. The van der Waals surface area contributed by atoms with Gasteiger partial charge in [0.25, 0.3) is 0 Å². The number of nitrogens with zero attached hydrogens (tertiary/aromatic N) is 1. The molecule has 1 aliphatic rings. The Hall–Kier alpha value is -1.36. The molecule has 1 aromatic rings. The number of carbonyl (C=O) groups excluding carboxylic acids is 1. The third kappa shape index (κ3) is 3.39. The predicted molar refractivity (Wildman–Crippen MR) is 70.6 cm³/mol. The summed E-state index contributed by atoms with van der Waals surface area (Å²) in [6, 6.07) is 4.74. The van der Waals surface area contributed by atoms with Crippen molar-refractivity contribution >= 4 is 5.78 Å². The van der Waals surface area contributed by atoms with E-state index in [1.54, 1.807) is 0 Å². The molecule has 1 saturated heterocycles. The molecule has 0 bridgehead atoms. The van der Waals surface area contributed by atoms with Gasteiger partial charge in [0.15, 0.2) is 5.78 Å². The van der Waals surface area contributed by atoms with Crippen LogP contribution < -0.4 is 0 Å². The van der Waals surface area contributed by atoms with Crippen molar-refractivity contribution in [2.45, 2.75) is 25.9 Å². The maximum Gasteiger partial charge on any atom is 0.416 e. The van der Waals surface area contributed by atoms with Gasteiger partial charge in [0.1, 0.15) is 0 Å². The molecule has 1 heterocycles. The number of halogens is 3. The monoisotopic (exact) mass is 285 g/mol. The van der Waals surface area contributed by atoms with Crippen LogP contribution in [0.15, 0.2) is 24.3 Å². The highest BCUT2D eigenvalue weighted by molar-refractivity contribution is 5.98. The van der Waals surface area contributed by atoms with Gasteiger partial charge in [0.05, 0.1) is 5.56 Å². The summed E-state index contributed by atoms with van der Waals surface area (Å²) in [5.74, 6) is -0.312. The van der Waals surface area contributed by atoms with Gasteiger partial charge >= 0.3 is 6.18 Å². The summed E-state index contributed by atoms with van der Waals surface area (Å²) in [5.41, 5.74) is -0.580. The fourth-order valence-corrected chi connectivity index (χ4v) is 2.60. The van der Waals surface area contributed by atoms with E-state index in [-0.39, 0.29) is 17.3 Å². The number of ketones is 1. The first-order valence-electron chi connectivity index (χ1n) is 6.85. The van der Waals surface area contributed by atoms with Crippen molar-refractivity contribution in [3.63, 3.8) is 0 Å². The Morgan fingerprint density at radius 3 is 2.50 bits per heavy atom. The third-order valence-electron chi connectivity index (χ3n) is 3.88. The lowest BCUT2D eigenvalue weighted by Crippen LogP contribution is -2.36. The number of likely N-dealkylation sites (tertiary alicyclic amines) is 1. The highest BCUT2D eigenvalue weighted by atomic mass is 19.4. The maximum absolute atomic E-state index is 12.7. The second kappa shape index (κ2) is 5.95. The van der Waals surface area contributed by atoms with Gasteiger partial charge in [-0.3, -0.25) is 4.79 Å². The van der Waals surface area contributed by atoms with Gasteiger partial charge in [0, 0.05) is 11.5 Å². The number of hydrogen-bond donors (Lipinski definition) is 0. The minimum Gasteiger partial charge on any atom is -0.304 e. The molecule has 0 amide bonds. The molecule has 20 heavy (non-hydrogen) atoms. The zero-order valence-electron chi connectivity index (χ0n) is 11.4. The van der Waals surface area contributed by atoms with Crippen molar-refractivity contribution in [2.24, 2.45) is 5.92 Å². The lowest BCUT2D eigenvalue weighted by Gasteiger charge is -2.30. The molecule has 110 valence electrons. The normalized spacial score (nSPS) is 18.2. The van der Waals surface area contributed by atoms with E-state index in [9.17, 15) is 18.0 Å². The van der Waals surface area contributed by atoms with E-state index in [1.807, 2.05) is 0 Å². The van der Waals surface area contributed by atoms with Crippen LogP contribution in [0.5, 0.6) is 0 Å². The standard InChI is InChI=1S/C15H18F3NO/c1-2-19-8-6-11(7-9-19)14(20)12-4-3-5-13(10-12)15(16,17)18/h3-5,10-11H,2,6-9H2,1H3. The maximum atomic E-state index is 12.7. The zero-order valence-corrected chi connectivity index (χ0v) is 11.4. The first kappa shape index (κ1) is 15.0. The highest BCUT2D eigenvalue weighted by Gasteiger charge is 2.32. The van der Waals surface area contributed by atoms with Crippen LogP contribution in [0.1, 0.15) is 35.7 Å². The summed E-state index contributed by atoms with van der Waals surface area (Å²) in [6.07, 6.45) is -2.95. The quantitative estimate of drug-likeness (QED) is 0.791. The molecule has 0 aromatic heterocycles. The molecular weight excluding hydrogens is 267 g/mol. The van der Waals surface area contributed by atoms with Gasteiger partial charge in [-0.05, 0) is 44.6 Å². The molecule has 2 nitrogen and oxygen atoms in total. The van der Waals surface area contributed by atoms with Crippen molar-refractivity contribution in [1.82, 2.24) is 4.90 Å². The number of Topliss-reactive ketones (excluding diaryl/α,β-unsaturated/α-hetero) is 1. The summed E-state index contributed by atoms with van der Waals surface area (Å²) < 4.78 is 38.0. The van der Waals surface area contributed by atoms with Crippen molar-refractivity contribution in [2.75, 3.05) is 19.6 Å². The van der Waals surface area contributed by atoms with Gasteiger partial charge in [-0.15, -0.1) is 0 Å². The molecule has 0 aliphatic carbocycles. The molecule has 1 aliphatic heterocycles. The lowest BCUT2D eigenvalue weighted by molar-refractivity contribution is -0.137. The van der Waals surface area contributed by atoms with Crippen LogP contribution in [0.4, 0.5) is 13.2 Å². The molecule has 0 radical (unpaired) electrons. The zero-order chi connectivity index (χ0) is 14.8. The van der Waals surface area contributed by atoms with E-state index in [1.165, 1.54) is 12.1 Å². The molecule has 0 N–H and O–H groups in total. The fraction of sp³-hybridized carbons (Fsp3) is 0.533. The number of carbonyl (C=O) groups is 1. The Morgan fingerprint density at radius 2 is 1.95 bits per heavy atom. The average molecular weight is 285 g/mol. The number of alkyl halides is 3. The Bertz CT molecular complexity index is 476. The van der Waals surface area contributed by atoms with Crippen molar-refractivity contribution in [3.05, 3.63) is 35.4 Å². The molecule has 0 saturated carbocycles. The molecule has 1 fully saturated rings. The topological polar surface area (TPSA) is 20.3 Å². The molecular formula is C15H18F3NO. The third-order valence-corrected chi connectivity index (χ3v) is 3.88. The lowest BCUT2D eigenvalue weighted by atomic mass is 9.88. The van der Waals surface area contributed by atoms with Crippen LogP contribution in [0.3, 0.4) is 0 Å². The number of hydrogen-bond acceptors (Lipinski definition) is 2. The van der Waals surface area contributed by atoms with E-state index in [0.29, 0.717) is 0 Å². The first-order valence-corrected chi connectivity index (χ1v) is 6.85. The van der Waals surface area contributed by atoms with E-state index < -0.39 is 11.7 Å². The van der Waals surface area contributed by atoms with E-state index >= 15 is 0 Å². The highest BCUT2D eigenvalue weighted by Crippen LogP contribution is 2.30. The Kier molecular flexibility index (Phi) is 4.48. The van der Waals surface area contributed by atoms with Crippen LogP contribution >= 0.6 is 0 Å². The second-order valence-electron chi connectivity index (χ2n) is 5.15. The number of piperidine rings is 1. The van der Waals surface area contributed by atoms with Crippen molar-refractivity contribution in [3.8, 4) is 0 Å². The van der Waals surface area contributed by atoms with Crippen LogP contribution in [0.2, 0.25) is 0 Å². The number of rotatable bonds is 3. The predicted octanol–water partition coefficient (Wildman–Crippen LogP) is 3.62. The summed E-state index contributed by atoms with van der Waals surface area (Å²) in [5, 5.41) is 0. The molecule has 2 rings (SSSR count). The summed E-state index contributed by atoms with van der Waals surface area (Å²) >= 11 is 0. The summed E-state index contributed by atoms with van der Waals surface area (Å²) in [6.45, 7) is 4.69. The minimum absolute atomic E-state index is 0.152. The number of benzene rings is 1. The summed E-state index contributed by atoms with van der Waals surface area (Å²) in [4.78, 5) is 14.5. The average Bonchev–Trinajstić information content (AvgIpc) is 2.46. The van der Waals surface area contributed by atoms with E-state index in [2.05, 4.69) is 11.8 Å². The summed E-state index contributed by atoms with van der Waals surface area (Å²) in [7, 11) is 0. The van der Waals surface area contributed by atoms with E-state index in [4.69, 9.17) is 0 Å². The van der Waals surface area contributed by atoms with Gasteiger partial charge in [0.2, 0.25) is 0 Å². The second-order valence-corrected chi connectivity index (χ2v) is 5.15. The van der Waals surface area contributed by atoms with Crippen molar-refractivity contribution < 1.29 is 18.0 Å². The first-order chi connectivity index (χ1) is 9.41. The van der Waals surface area contributed by atoms with Crippen LogP contribution in [-0.4, -0.2) is 30.3 Å². The SMILES string of the molecule is CCN1CCC(C(=O)c2cccc(C(F)(F)F)c2)CC1. The fourth-order valence-electron chi connectivity index (χ4n) is 2.60.